The molecule has 1 aromatic rings. The summed E-state index contributed by atoms with van der Waals surface area (Å²) in [6.45, 7) is 9.08. The lowest BCUT2D eigenvalue weighted by Gasteiger charge is -2.29. The molecule has 2 N–H and O–H groups in total. The molecule has 1 aliphatic rings. The van der Waals surface area contributed by atoms with Gasteiger partial charge in [-0.05, 0) is 36.7 Å². The van der Waals surface area contributed by atoms with E-state index < -0.39 is 0 Å². The van der Waals surface area contributed by atoms with Gasteiger partial charge in [0.15, 0.2) is 0 Å². The monoisotopic (exact) mass is 248 g/mol. The van der Waals surface area contributed by atoms with Crippen LogP contribution in [-0.4, -0.2) is 23.1 Å². The highest BCUT2D eigenvalue weighted by molar-refractivity contribution is 5.37. The Morgan fingerprint density at radius 2 is 2.06 bits per heavy atom. The Kier molecular flexibility index (Phi) is 3.73. The Hall–Kier alpha value is -1.32. The van der Waals surface area contributed by atoms with Crippen LogP contribution in [0.5, 0.6) is 0 Å². The van der Waals surface area contributed by atoms with E-state index in [2.05, 4.69) is 35.6 Å². The van der Waals surface area contributed by atoms with Gasteiger partial charge in [-0.2, -0.15) is 4.98 Å². The van der Waals surface area contributed by atoms with E-state index in [1.54, 1.807) is 12.3 Å². The van der Waals surface area contributed by atoms with Crippen LogP contribution in [-0.2, 0) is 0 Å². The number of hydrogen-bond donors (Lipinski definition) is 1. The summed E-state index contributed by atoms with van der Waals surface area (Å²) in [5.41, 5.74) is 6.12. The maximum Gasteiger partial charge on any atom is 0.227 e. The molecule has 1 aromatic heterocycles. The Morgan fingerprint density at radius 3 is 2.72 bits per heavy atom. The van der Waals surface area contributed by atoms with Crippen molar-refractivity contribution in [3.05, 3.63) is 12.3 Å². The summed E-state index contributed by atoms with van der Waals surface area (Å²) < 4.78 is 0. The van der Waals surface area contributed by atoms with E-state index in [1.165, 1.54) is 19.3 Å². The van der Waals surface area contributed by atoms with Crippen molar-refractivity contribution in [2.45, 2.75) is 40.0 Å². The molecule has 1 unspecified atom stereocenters. The molecule has 2 heterocycles. The second-order valence-corrected chi connectivity index (χ2v) is 6.26. The lowest BCUT2D eigenvalue weighted by Crippen LogP contribution is -2.27. The molecule has 100 valence electrons. The normalized spacial score (nSPS) is 21.7. The summed E-state index contributed by atoms with van der Waals surface area (Å²) >= 11 is 0. The molecular formula is C14H24N4. The molecule has 0 aromatic carbocycles. The molecule has 1 aliphatic heterocycles. The first-order chi connectivity index (χ1) is 8.47. The fraction of sp³-hybridized carbons (Fsp3) is 0.714. The van der Waals surface area contributed by atoms with Gasteiger partial charge in [-0.15, -0.1) is 0 Å². The summed E-state index contributed by atoms with van der Waals surface area (Å²) in [4.78, 5) is 10.9. The van der Waals surface area contributed by atoms with Gasteiger partial charge in [-0.3, -0.25) is 0 Å². The molecule has 0 amide bonds. The molecule has 1 saturated heterocycles. The van der Waals surface area contributed by atoms with Crippen molar-refractivity contribution in [2.24, 2.45) is 11.3 Å². The van der Waals surface area contributed by atoms with Crippen molar-refractivity contribution in [3.8, 4) is 0 Å². The molecular weight excluding hydrogens is 224 g/mol. The number of aromatic nitrogens is 2. The van der Waals surface area contributed by atoms with Crippen LogP contribution in [0.25, 0.3) is 0 Å². The van der Waals surface area contributed by atoms with E-state index in [0.717, 1.165) is 25.0 Å². The van der Waals surface area contributed by atoms with Crippen molar-refractivity contribution in [3.63, 3.8) is 0 Å². The standard InChI is InChI=1S/C14H24N4/c1-14(2,3)11-5-4-9-18(10-7-11)13-16-8-6-12(15)17-13/h6,8,11H,4-5,7,9-10H2,1-3H3,(H2,15,16,17). The zero-order valence-corrected chi connectivity index (χ0v) is 11.7. The molecule has 4 heteroatoms. The Balaban J connectivity index is 2.05. The summed E-state index contributed by atoms with van der Waals surface area (Å²) in [5.74, 6) is 2.12. The average Bonchev–Trinajstić information content (AvgIpc) is 2.53. The smallest absolute Gasteiger partial charge is 0.227 e. The van der Waals surface area contributed by atoms with Gasteiger partial charge < -0.3 is 10.6 Å². The van der Waals surface area contributed by atoms with Crippen LogP contribution in [0.4, 0.5) is 11.8 Å². The fourth-order valence-corrected chi connectivity index (χ4v) is 2.68. The molecule has 2 rings (SSSR count). The van der Waals surface area contributed by atoms with Gasteiger partial charge in [-0.25, -0.2) is 4.98 Å². The van der Waals surface area contributed by atoms with Gasteiger partial charge in [0.1, 0.15) is 5.82 Å². The Labute approximate surface area is 110 Å². The number of hydrogen-bond acceptors (Lipinski definition) is 4. The first-order valence-electron chi connectivity index (χ1n) is 6.80. The highest BCUT2D eigenvalue weighted by atomic mass is 15.3. The van der Waals surface area contributed by atoms with Crippen molar-refractivity contribution in [1.82, 2.24) is 9.97 Å². The van der Waals surface area contributed by atoms with Crippen LogP contribution in [0.3, 0.4) is 0 Å². The summed E-state index contributed by atoms with van der Waals surface area (Å²) in [6.07, 6.45) is 5.45. The topological polar surface area (TPSA) is 55.0 Å². The average molecular weight is 248 g/mol. The van der Waals surface area contributed by atoms with E-state index in [-0.39, 0.29) is 0 Å². The predicted octanol–water partition coefficient (Wildman–Crippen LogP) is 2.71. The van der Waals surface area contributed by atoms with E-state index in [9.17, 15) is 0 Å². The van der Waals surface area contributed by atoms with E-state index in [1.807, 2.05) is 0 Å². The molecule has 1 atom stereocenters. The number of nitrogens with zero attached hydrogens (tertiary/aromatic N) is 3. The molecule has 0 aliphatic carbocycles. The predicted molar refractivity (Wildman–Crippen MR) is 75.5 cm³/mol. The SMILES string of the molecule is CC(C)(C)C1CCCN(c2nccc(N)n2)CC1. The van der Waals surface area contributed by atoms with Crippen molar-refractivity contribution < 1.29 is 0 Å². The van der Waals surface area contributed by atoms with Crippen LogP contribution in [0.15, 0.2) is 12.3 Å². The first kappa shape index (κ1) is 13.1. The third kappa shape index (κ3) is 3.12. The zero-order valence-electron chi connectivity index (χ0n) is 11.7. The maximum atomic E-state index is 5.72. The zero-order chi connectivity index (χ0) is 13.2. The van der Waals surface area contributed by atoms with Gasteiger partial charge in [0.05, 0.1) is 0 Å². The van der Waals surface area contributed by atoms with Crippen LogP contribution in [0.2, 0.25) is 0 Å². The lowest BCUT2D eigenvalue weighted by molar-refractivity contribution is 0.220. The van der Waals surface area contributed by atoms with Gasteiger partial charge in [0.25, 0.3) is 0 Å². The van der Waals surface area contributed by atoms with Crippen LogP contribution in [0, 0.1) is 11.3 Å². The first-order valence-corrected chi connectivity index (χ1v) is 6.80. The number of nitrogen functional groups attached to an aromatic ring is 1. The van der Waals surface area contributed by atoms with E-state index in [0.29, 0.717) is 11.2 Å². The largest absolute Gasteiger partial charge is 0.384 e. The number of rotatable bonds is 1. The molecule has 0 saturated carbocycles. The second kappa shape index (κ2) is 5.12. The molecule has 18 heavy (non-hydrogen) atoms. The molecule has 4 nitrogen and oxygen atoms in total. The quantitative estimate of drug-likeness (QED) is 0.830. The van der Waals surface area contributed by atoms with Crippen molar-refractivity contribution >= 4 is 11.8 Å². The minimum atomic E-state index is 0.395. The summed E-state index contributed by atoms with van der Waals surface area (Å²) in [6, 6.07) is 1.74. The molecule has 0 bridgehead atoms. The van der Waals surface area contributed by atoms with Gasteiger partial charge in [0, 0.05) is 19.3 Å². The highest BCUT2D eigenvalue weighted by Crippen LogP contribution is 2.34. The van der Waals surface area contributed by atoms with E-state index >= 15 is 0 Å². The van der Waals surface area contributed by atoms with E-state index in [4.69, 9.17) is 5.73 Å². The highest BCUT2D eigenvalue weighted by Gasteiger charge is 2.27. The van der Waals surface area contributed by atoms with Gasteiger partial charge >= 0.3 is 0 Å². The summed E-state index contributed by atoms with van der Waals surface area (Å²) in [5, 5.41) is 0. The molecule has 0 radical (unpaired) electrons. The van der Waals surface area contributed by atoms with Crippen molar-refractivity contribution in [2.75, 3.05) is 23.7 Å². The van der Waals surface area contributed by atoms with Crippen molar-refractivity contribution in [1.29, 1.82) is 0 Å². The number of nitrogens with two attached hydrogens (primary N) is 1. The van der Waals surface area contributed by atoms with Crippen LogP contribution >= 0.6 is 0 Å². The van der Waals surface area contributed by atoms with Crippen LogP contribution in [0.1, 0.15) is 40.0 Å². The lowest BCUT2D eigenvalue weighted by atomic mass is 9.77. The Morgan fingerprint density at radius 1 is 1.28 bits per heavy atom. The second-order valence-electron chi connectivity index (χ2n) is 6.26. The molecule has 0 spiro atoms. The van der Waals surface area contributed by atoms with Gasteiger partial charge in [0.2, 0.25) is 5.95 Å². The third-order valence-electron chi connectivity index (χ3n) is 3.90. The third-order valence-corrected chi connectivity index (χ3v) is 3.90. The van der Waals surface area contributed by atoms with Gasteiger partial charge in [-0.1, -0.05) is 20.8 Å². The number of anilines is 2. The maximum absolute atomic E-state index is 5.72. The Bertz CT molecular complexity index is 397. The van der Waals surface area contributed by atoms with Crippen LogP contribution < -0.4 is 10.6 Å². The fourth-order valence-electron chi connectivity index (χ4n) is 2.68. The molecule has 1 fully saturated rings. The minimum Gasteiger partial charge on any atom is -0.384 e. The summed E-state index contributed by atoms with van der Waals surface area (Å²) in [7, 11) is 0. The minimum absolute atomic E-state index is 0.395.